The molecule has 0 spiro atoms. The molecule has 0 aliphatic heterocycles. The molecule has 6 nitrogen and oxygen atoms in total. The Balaban J connectivity index is 1.60. The number of ether oxygens (including phenoxy) is 1. The second-order valence-corrected chi connectivity index (χ2v) is 9.45. The third-order valence-corrected chi connectivity index (χ3v) is 7.14. The van der Waals surface area contributed by atoms with Crippen LogP contribution in [0, 0.1) is 5.82 Å². The highest BCUT2D eigenvalue weighted by atomic mass is 32.2. The molecule has 1 fully saturated rings. The van der Waals surface area contributed by atoms with Gasteiger partial charge in [0.05, 0.1) is 18.6 Å². The van der Waals surface area contributed by atoms with E-state index in [9.17, 15) is 12.8 Å². The number of nitrogens with one attached hydrogen (secondary N) is 2. The topological polar surface area (TPSA) is 87.7 Å². The van der Waals surface area contributed by atoms with E-state index >= 15 is 0 Å². The lowest BCUT2D eigenvalue weighted by molar-refractivity contribution is 0.301. The van der Waals surface area contributed by atoms with Crippen molar-refractivity contribution in [2.75, 3.05) is 20.3 Å². The second kappa shape index (κ2) is 9.87. The van der Waals surface area contributed by atoms with Gasteiger partial charge in [-0.15, -0.1) is 0 Å². The molecule has 30 heavy (non-hydrogen) atoms. The van der Waals surface area contributed by atoms with Gasteiger partial charge in [0, 0.05) is 18.6 Å². The van der Waals surface area contributed by atoms with Crippen LogP contribution in [0.3, 0.4) is 0 Å². The normalized spacial score (nSPS) is 20.3. The fourth-order valence-corrected chi connectivity index (χ4v) is 5.03. The predicted molar refractivity (Wildman–Crippen MR) is 114 cm³/mol. The first-order chi connectivity index (χ1) is 14.3. The zero-order chi connectivity index (χ0) is 21.7. The Morgan fingerprint density at radius 2 is 1.93 bits per heavy atom. The van der Waals surface area contributed by atoms with E-state index in [-0.39, 0.29) is 35.7 Å². The standard InChI is InChI=1S/C22H29FN2O4S/c1-15(17-6-10-21(23)22(14-17)29-2)25-19-7-3-18(13-19)16-4-8-20(9-5-16)30(27,28)24-11-12-26/h4-6,8-10,14-15,18-19,24-26H,3,7,11-13H2,1-2H3/t15-,18-,19+/m1/s1. The van der Waals surface area contributed by atoms with E-state index in [1.165, 1.54) is 13.2 Å². The Labute approximate surface area is 177 Å². The third kappa shape index (κ3) is 5.37. The highest BCUT2D eigenvalue weighted by Crippen LogP contribution is 2.36. The molecule has 3 atom stereocenters. The van der Waals surface area contributed by atoms with Crippen LogP contribution in [-0.2, 0) is 10.0 Å². The van der Waals surface area contributed by atoms with Gasteiger partial charge in [0.15, 0.2) is 11.6 Å². The molecule has 1 saturated carbocycles. The number of aliphatic hydroxyl groups excluding tert-OH is 1. The Bertz CT molecular complexity index is 950. The zero-order valence-corrected chi connectivity index (χ0v) is 18.1. The maximum Gasteiger partial charge on any atom is 0.240 e. The molecule has 164 valence electrons. The van der Waals surface area contributed by atoms with Gasteiger partial charge >= 0.3 is 0 Å². The Hall–Kier alpha value is -2.00. The second-order valence-electron chi connectivity index (χ2n) is 7.68. The van der Waals surface area contributed by atoms with Gasteiger partial charge in [-0.05, 0) is 67.5 Å². The minimum absolute atomic E-state index is 0.00181. The van der Waals surface area contributed by atoms with Gasteiger partial charge in [-0.2, -0.15) is 0 Å². The summed E-state index contributed by atoms with van der Waals surface area (Å²) in [5.74, 6) is 0.236. The SMILES string of the molecule is COc1cc([C@@H](C)N[C@H]2CC[C@@H](c3ccc(S(=O)(=O)NCCO)cc3)C2)ccc1F. The molecular formula is C22H29FN2O4S. The van der Waals surface area contributed by atoms with E-state index in [2.05, 4.69) is 17.0 Å². The number of aliphatic hydroxyl groups is 1. The quantitative estimate of drug-likeness (QED) is 0.562. The van der Waals surface area contributed by atoms with Crippen molar-refractivity contribution >= 4 is 10.0 Å². The van der Waals surface area contributed by atoms with Gasteiger partial charge in [0.25, 0.3) is 0 Å². The maximum atomic E-state index is 13.6. The van der Waals surface area contributed by atoms with E-state index in [1.54, 1.807) is 24.3 Å². The number of methoxy groups -OCH3 is 1. The van der Waals surface area contributed by atoms with Crippen LogP contribution < -0.4 is 14.8 Å². The number of rotatable bonds is 9. The van der Waals surface area contributed by atoms with Crippen LogP contribution in [0.2, 0.25) is 0 Å². The van der Waals surface area contributed by atoms with Gasteiger partial charge in [-0.1, -0.05) is 18.2 Å². The summed E-state index contributed by atoms with van der Waals surface area (Å²) in [6.07, 6.45) is 2.99. The molecule has 2 aromatic rings. The number of benzene rings is 2. The summed E-state index contributed by atoms with van der Waals surface area (Å²) >= 11 is 0. The molecule has 0 amide bonds. The van der Waals surface area contributed by atoms with Crippen LogP contribution in [0.4, 0.5) is 4.39 Å². The van der Waals surface area contributed by atoms with Crippen molar-refractivity contribution in [3.63, 3.8) is 0 Å². The molecular weight excluding hydrogens is 407 g/mol. The van der Waals surface area contributed by atoms with Crippen molar-refractivity contribution in [2.45, 2.75) is 49.1 Å². The molecule has 0 radical (unpaired) electrons. The Morgan fingerprint density at radius 3 is 2.60 bits per heavy atom. The molecule has 0 unspecified atom stereocenters. The van der Waals surface area contributed by atoms with Gasteiger partial charge in [-0.3, -0.25) is 0 Å². The number of hydrogen-bond donors (Lipinski definition) is 3. The van der Waals surface area contributed by atoms with Crippen molar-refractivity contribution in [1.82, 2.24) is 10.0 Å². The molecule has 1 aliphatic rings. The van der Waals surface area contributed by atoms with Crippen molar-refractivity contribution in [3.8, 4) is 5.75 Å². The smallest absolute Gasteiger partial charge is 0.240 e. The average Bonchev–Trinajstić information content (AvgIpc) is 3.21. The first kappa shape index (κ1) is 22.7. The molecule has 3 N–H and O–H groups in total. The first-order valence-corrected chi connectivity index (χ1v) is 11.6. The van der Waals surface area contributed by atoms with Crippen molar-refractivity contribution in [1.29, 1.82) is 0 Å². The summed E-state index contributed by atoms with van der Waals surface area (Å²) in [7, 11) is -2.13. The highest BCUT2D eigenvalue weighted by Gasteiger charge is 2.27. The lowest BCUT2D eigenvalue weighted by Gasteiger charge is -2.21. The van der Waals surface area contributed by atoms with E-state index in [0.717, 1.165) is 30.4 Å². The van der Waals surface area contributed by atoms with E-state index < -0.39 is 10.0 Å². The zero-order valence-electron chi connectivity index (χ0n) is 17.3. The minimum atomic E-state index is -3.59. The molecule has 1 aliphatic carbocycles. The summed E-state index contributed by atoms with van der Waals surface area (Å²) in [6, 6.07) is 12.3. The van der Waals surface area contributed by atoms with Crippen LogP contribution in [-0.4, -0.2) is 39.8 Å². The molecule has 0 saturated heterocycles. The monoisotopic (exact) mass is 436 g/mol. The number of sulfonamides is 1. The van der Waals surface area contributed by atoms with Crippen LogP contribution >= 0.6 is 0 Å². The Morgan fingerprint density at radius 1 is 1.20 bits per heavy atom. The lowest BCUT2D eigenvalue weighted by atomic mass is 9.97. The average molecular weight is 437 g/mol. The van der Waals surface area contributed by atoms with Gasteiger partial charge in [0.2, 0.25) is 10.0 Å². The summed E-state index contributed by atoms with van der Waals surface area (Å²) in [4.78, 5) is 0.200. The van der Waals surface area contributed by atoms with Crippen LogP contribution in [0.25, 0.3) is 0 Å². The van der Waals surface area contributed by atoms with Crippen LogP contribution in [0.5, 0.6) is 5.75 Å². The van der Waals surface area contributed by atoms with Crippen molar-refractivity contribution in [2.24, 2.45) is 0 Å². The van der Waals surface area contributed by atoms with Crippen molar-refractivity contribution < 1.29 is 22.7 Å². The molecule has 3 rings (SSSR count). The summed E-state index contributed by atoms with van der Waals surface area (Å²) in [5.41, 5.74) is 2.10. The Kier molecular flexibility index (Phi) is 7.46. The molecule has 8 heteroatoms. The van der Waals surface area contributed by atoms with Crippen LogP contribution in [0.15, 0.2) is 47.4 Å². The van der Waals surface area contributed by atoms with Gasteiger partial charge in [-0.25, -0.2) is 17.5 Å². The largest absolute Gasteiger partial charge is 0.494 e. The molecule has 2 aromatic carbocycles. The maximum absolute atomic E-state index is 13.6. The predicted octanol–water partition coefficient (Wildman–Crippen LogP) is 3.09. The van der Waals surface area contributed by atoms with Crippen LogP contribution in [0.1, 0.15) is 49.3 Å². The fourth-order valence-electron chi connectivity index (χ4n) is 4.01. The molecule has 0 heterocycles. The summed E-state index contributed by atoms with van der Waals surface area (Å²) in [5, 5.41) is 12.4. The third-order valence-electron chi connectivity index (χ3n) is 5.66. The highest BCUT2D eigenvalue weighted by molar-refractivity contribution is 7.89. The lowest BCUT2D eigenvalue weighted by Crippen LogP contribution is -2.29. The first-order valence-electron chi connectivity index (χ1n) is 10.1. The molecule has 0 aromatic heterocycles. The summed E-state index contributed by atoms with van der Waals surface area (Å²) < 4.78 is 45.3. The van der Waals surface area contributed by atoms with E-state index in [1.807, 2.05) is 12.1 Å². The van der Waals surface area contributed by atoms with E-state index in [4.69, 9.17) is 9.84 Å². The van der Waals surface area contributed by atoms with Gasteiger partial charge in [0.1, 0.15) is 0 Å². The van der Waals surface area contributed by atoms with Crippen molar-refractivity contribution in [3.05, 3.63) is 59.4 Å². The van der Waals surface area contributed by atoms with E-state index in [0.29, 0.717) is 12.0 Å². The summed E-state index contributed by atoms with van der Waals surface area (Å²) in [6.45, 7) is 1.81. The number of halogens is 1. The fraction of sp³-hybridized carbons (Fsp3) is 0.455. The number of hydrogen-bond acceptors (Lipinski definition) is 5. The van der Waals surface area contributed by atoms with Gasteiger partial charge < -0.3 is 15.2 Å². The minimum Gasteiger partial charge on any atom is -0.494 e. The molecule has 0 bridgehead atoms.